The van der Waals surface area contributed by atoms with Crippen LogP contribution in [0.4, 0.5) is 14.5 Å². The van der Waals surface area contributed by atoms with Gasteiger partial charge in [-0.1, -0.05) is 12.1 Å². The minimum absolute atomic E-state index is 0.0727. The summed E-state index contributed by atoms with van der Waals surface area (Å²) in [4.78, 5) is 26.6. The number of carbonyl (C=O) groups is 2. The van der Waals surface area contributed by atoms with Gasteiger partial charge < -0.3 is 15.5 Å². The number of carbonyl (C=O) groups excluding carboxylic acids is 2. The van der Waals surface area contributed by atoms with Crippen LogP contribution in [0.2, 0.25) is 0 Å². The van der Waals surface area contributed by atoms with Crippen molar-refractivity contribution in [3.8, 4) is 0 Å². The lowest BCUT2D eigenvalue weighted by Gasteiger charge is -2.30. The second-order valence-corrected chi connectivity index (χ2v) is 6.53. The van der Waals surface area contributed by atoms with Gasteiger partial charge in [0, 0.05) is 43.5 Å². The molecule has 1 aliphatic rings. The average Bonchev–Trinajstić information content (AvgIpc) is 2.67. The lowest BCUT2D eigenvalue weighted by Crippen LogP contribution is -2.47. The van der Waals surface area contributed by atoms with E-state index in [0.717, 1.165) is 30.8 Å². The molecule has 1 heterocycles. The van der Waals surface area contributed by atoms with Crippen molar-refractivity contribution in [2.45, 2.75) is 12.8 Å². The molecule has 0 aromatic heterocycles. The number of rotatable bonds is 4. The molecule has 0 aliphatic carbocycles. The van der Waals surface area contributed by atoms with Gasteiger partial charge in [-0.25, -0.2) is 8.78 Å². The van der Waals surface area contributed by atoms with Gasteiger partial charge in [-0.2, -0.15) is 0 Å². The molecule has 27 heavy (non-hydrogen) atoms. The highest BCUT2D eigenvalue weighted by molar-refractivity contribution is 6.04. The third kappa shape index (κ3) is 4.68. The first kappa shape index (κ1) is 19.0. The zero-order valence-corrected chi connectivity index (χ0v) is 15.0. The van der Waals surface area contributed by atoms with Crippen molar-refractivity contribution in [2.75, 3.05) is 31.5 Å². The molecule has 0 saturated carbocycles. The Morgan fingerprint density at radius 2 is 1.63 bits per heavy atom. The van der Waals surface area contributed by atoms with E-state index in [0.29, 0.717) is 24.8 Å². The molecule has 1 atom stereocenters. The predicted molar refractivity (Wildman–Crippen MR) is 98.6 cm³/mol. The Labute approximate surface area is 156 Å². The number of hydrogen-bond donors (Lipinski definition) is 2. The standard InChI is InChI=1S/C20H21F2N3O2/c1-13(20(27)25-8-6-23-7-9-25)14-2-4-18(5-3-14)24-19(26)15-10-16(21)12-17(22)11-15/h2-5,10-13,23H,6-9H2,1H3,(H,24,26). The van der Waals surface area contributed by atoms with E-state index >= 15 is 0 Å². The van der Waals surface area contributed by atoms with Crippen LogP contribution in [-0.4, -0.2) is 42.9 Å². The van der Waals surface area contributed by atoms with Gasteiger partial charge in [0.25, 0.3) is 5.91 Å². The van der Waals surface area contributed by atoms with Gasteiger partial charge in [0.2, 0.25) is 5.91 Å². The Bertz CT molecular complexity index is 813. The molecule has 1 saturated heterocycles. The third-order valence-corrected chi connectivity index (χ3v) is 4.59. The third-order valence-electron chi connectivity index (χ3n) is 4.59. The maximum absolute atomic E-state index is 13.2. The summed E-state index contributed by atoms with van der Waals surface area (Å²) in [5.41, 5.74) is 1.22. The van der Waals surface area contributed by atoms with Crippen molar-refractivity contribution in [2.24, 2.45) is 0 Å². The van der Waals surface area contributed by atoms with Gasteiger partial charge in [-0.15, -0.1) is 0 Å². The SMILES string of the molecule is CC(C(=O)N1CCNCC1)c1ccc(NC(=O)c2cc(F)cc(F)c2)cc1. The molecule has 2 amide bonds. The minimum atomic E-state index is -0.809. The van der Waals surface area contributed by atoms with Gasteiger partial charge in [-0.05, 0) is 36.8 Å². The second-order valence-electron chi connectivity index (χ2n) is 6.53. The highest BCUT2D eigenvalue weighted by Gasteiger charge is 2.23. The van der Waals surface area contributed by atoms with Crippen LogP contribution in [0.3, 0.4) is 0 Å². The summed E-state index contributed by atoms with van der Waals surface area (Å²) in [5.74, 6) is -2.44. The van der Waals surface area contributed by atoms with Crippen molar-refractivity contribution in [3.63, 3.8) is 0 Å². The van der Waals surface area contributed by atoms with E-state index in [4.69, 9.17) is 0 Å². The maximum atomic E-state index is 13.2. The Balaban J connectivity index is 1.65. The lowest BCUT2D eigenvalue weighted by molar-refractivity contribution is -0.133. The Hall–Kier alpha value is -2.80. The predicted octanol–water partition coefficient (Wildman–Crippen LogP) is 2.75. The number of halogens is 2. The fraction of sp³-hybridized carbons (Fsp3) is 0.300. The Morgan fingerprint density at radius 3 is 2.22 bits per heavy atom. The molecule has 0 spiro atoms. The van der Waals surface area contributed by atoms with E-state index < -0.39 is 17.5 Å². The number of nitrogens with one attached hydrogen (secondary N) is 2. The number of anilines is 1. The average molecular weight is 373 g/mol. The van der Waals surface area contributed by atoms with Crippen LogP contribution in [0, 0.1) is 11.6 Å². The first-order chi connectivity index (χ1) is 12.9. The molecule has 1 unspecified atom stereocenters. The molecule has 5 nitrogen and oxygen atoms in total. The minimum Gasteiger partial charge on any atom is -0.340 e. The molecule has 2 aromatic carbocycles. The maximum Gasteiger partial charge on any atom is 0.255 e. The van der Waals surface area contributed by atoms with Crippen molar-refractivity contribution < 1.29 is 18.4 Å². The van der Waals surface area contributed by atoms with Gasteiger partial charge in [-0.3, -0.25) is 9.59 Å². The quantitative estimate of drug-likeness (QED) is 0.866. The number of hydrogen-bond acceptors (Lipinski definition) is 3. The lowest BCUT2D eigenvalue weighted by atomic mass is 9.99. The van der Waals surface area contributed by atoms with Gasteiger partial charge >= 0.3 is 0 Å². The monoisotopic (exact) mass is 373 g/mol. The zero-order chi connectivity index (χ0) is 19.4. The fourth-order valence-corrected chi connectivity index (χ4v) is 3.04. The van der Waals surface area contributed by atoms with Crippen LogP contribution < -0.4 is 10.6 Å². The van der Waals surface area contributed by atoms with E-state index in [1.54, 1.807) is 24.3 Å². The van der Waals surface area contributed by atoms with Crippen LogP contribution in [0.5, 0.6) is 0 Å². The van der Waals surface area contributed by atoms with E-state index in [-0.39, 0.29) is 17.4 Å². The van der Waals surface area contributed by atoms with Crippen molar-refractivity contribution in [3.05, 3.63) is 65.2 Å². The molecule has 7 heteroatoms. The van der Waals surface area contributed by atoms with Gasteiger partial charge in [0.05, 0.1) is 5.92 Å². The number of piperazine rings is 1. The molecule has 3 rings (SSSR count). The second kappa shape index (κ2) is 8.26. The molecule has 142 valence electrons. The summed E-state index contributed by atoms with van der Waals surface area (Å²) in [6.45, 7) is 4.84. The van der Waals surface area contributed by atoms with Crippen molar-refractivity contribution >= 4 is 17.5 Å². The smallest absolute Gasteiger partial charge is 0.255 e. The normalized spacial score (nSPS) is 15.3. The van der Waals surface area contributed by atoms with E-state index in [1.807, 2.05) is 11.8 Å². The van der Waals surface area contributed by atoms with Crippen LogP contribution in [0.1, 0.15) is 28.8 Å². The number of benzene rings is 2. The summed E-state index contributed by atoms with van der Waals surface area (Å²) in [7, 11) is 0. The molecular formula is C20H21F2N3O2. The van der Waals surface area contributed by atoms with E-state index in [2.05, 4.69) is 10.6 Å². The van der Waals surface area contributed by atoms with Crippen LogP contribution in [0.25, 0.3) is 0 Å². The molecule has 2 N–H and O–H groups in total. The Morgan fingerprint density at radius 1 is 1.04 bits per heavy atom. The van der Waals surface area contributed by atoms with Crippen molar-refractivity contribution in [1.82, 2.24) is 10.2 Å². The summed E-state index contributed by atoms with van der Waals surface area (Å²) < 4.78 is 26.5. The zero-order valence-electron chi connectivity index (χ0n) is 15.0. The molecule has 2 aromatic rings. The molecule has 1 aliphatic heterocycles. The van der Waals surface area contributed by atoms with Gasteiger partial charge in [0.15, 0.2) is 0 Å². The van der Waals surface area contributed by atoms with Crippen LogP contribution in [-0.2, 0) is 4.79 Å². The summed E-state index contributed by atoms with van der Waals surface area (Å²) in [6.07, 6.45) is 0. The molecule has 0 bridgehead atoms. The fourth-order valence-electron chi connectivity index (χ4n) is 3.04. The number of nitrogens with zero attached hydrogens (tertiary/aromatic N) is 1. The van der Waals surface area contributed by atoms with E-state index in [9.17, 15) is 18.4 Å². The molecule has 1 fully saturated rings. The summed E-state index contributed by atoms with van der Waals surface area (Å²) >= 11 is 0. The van der Waals surface area contributed by atoms with Crippen LogP contribution >= 0.6 is 0 Å². The summed E-state index contributed by atoms with van der Waals surface area (Å²) in [6, 6.07) is 9.54. The topological polar surface area (TPSA) is 61.4 Å². The van der Waals surface area contributed by atoms with Crippen LogP contribution in [0.15, 0.2) is 42.5 Å². The Kier molecular flexibility index (Phi) is 5.81. The first-order valence-corrected chi connectivity index (χ1v) is 8.81. The van der Waals surface area contributed by atoms with E-state index in [1.165, 1.54) is 0 Å². The first-order valence-electron chi connectivity index (χ1n) is 8.81. The molecular weight excluding hydrogens is 352 g/mol. The number of amides is 2. The van der Waals surface area contributed by atoms with Crippen molar-refractivity contribution in [1.29, 1.82) is 0 Å². The largest absolute Gasteiger partial charge is 0.340 e. The highest BCUT2D eigenvalue weighted by atomic mass is 19.1. The highest BCUT2D eigenvalue weighted by Crippen LogP contribution is 2.21. The summed E-state index contributed by atoms with van der Waals surface area (Å²) in [5, 5.41) is 5.81. The molecule has 0 radical (unpaired) electrons. The van der Waals surface area contributed by atoms with Gasteiger partial charge in [0.1, 0.15) is 11.6 Å².